The topological polar surface area (TPSA) is 29.5 Å². The zero-order valence-electron chi connectivity index (χ0n) is 10.1. The third-order valence-electron chi connectivity index (χ3n) is 3.01. The van der Waals surface area contributed by atoms with Gasteiger partial charge in [-0.3, -0.25) is 4.79 Å². The number of carbonyl (C=O) groups excluding carboxylic acids is 1. The highest BCUT2D eigenvalue weighted by molar-refractivity contribution is 9.10. The Bertz CT molecular complexity index is 433. The number of hydrogen-bond donors (Lipinski definition) is 0. The fourth-order valence-corrected chi connectivity index (χ4v) is 2.61. The maximum Gasteiger partial charge on any atom is 0.223 e. The van der Waals surface area contributed by atoms with Gasteiger partial charge < -0.3 is 9.64 Å². The van der Waals surface area contributed by atoms with Crippen molar-refractivity contribution >= 4 is 21.8 Å². The zero-order chi connectivity index (χ0) is 12.4. The van der Waals surface area contributed by atoms with E-state index in [0.29, 0.717) is 18.9 Å². The lowest BCUT2D eigenvalue weighted by atomic mass is 10.1. The lowest BCUT2D eigenvalue weighted by Gasteiger charge is -2.18. The number of rotatable bonds is 3. The van der Waals surface area contributed by atoms with Gasteiger partial charge in [0.2, 0.25) is 5.91 Å². The maximum absolute atomic E-state index is 11.7. The summed E-state index contributed by atoms with van der Waals surface area (Å²) in [5, 5.41) is 0. The van der Waals surface area contributed by atoms with Crippen molar-refractivity contribution in [3.05, 3.63) is 28.2 Å². The van der Waals surface area contributed by atoms with Crippen LogP contribution in [0.2, 0.25) is 0 Å². The first-order valence-electron chi connectivity index (χ1n) is 5.70. The van der Waals surface area contributed by atoms with Gasteiger partial charge in [0.1, 0.15) is 5.75 Å². The Morgan fingerprint density at radius 1 is 1.53 bits per heavy atom. The Morgan fingerprint density at radius 3 is 2.88 bits per heavy atom. The molecule has 1 unspecified atom stereocenters. The molecule has 0 saturated carbocycles. The molecular formula is C13H16BrNO2. The van der Waals surface area contributed by atoms with Crippen molar-refractivity contribution in [1.29, 1.82) is 0 Å². The van der Waals surface area contributed by atoms with Gasteiger partial charge in [-0.2, -0.15) is 0 Å². The fraction of sp³-hybridized carbons (Fsp3) is 0.462. The molecule has 1 aromatic rings. The number of hydrogen-bond acceptors (Lipinski definition) is 2. The Hall–Kier alpha value is -1.03. The van der Waals surface area contributed by atoms with Crippen molar-refractivity contribution in [2.75, 3.05) is 13.7 Å². The molecule has 0 spiro atoms. The summed E-state index contributed by atoms with van der Waals surface area (Å²) in [6.45, 7) is 3.58. The molecule has 1 heterocycles. The Labute approximate surface area is 110 Å². The number of amides is 1. The molecule has 1 aromatic carbocycles. The smallest absolute Gasteiger partial charge is 0.223 e. The van der Waals surface area contributed by atoms with E-state index in [2.05, 4.69) is 22.9 Å². The van der Waals surface area contributed by atoms with E-state index in [1.165, 1.54) is 0 Å². The summed E-state index contributed by atoms with van der Waals surface area (Å²) in [5.41, 5.74) is 1.05. The summed E-state index contributed by atoms with van der Waals surface area (Å²) in [7, 11) is 1.65. The van der Waals surface area contributed by atoms with Crippen LogP contribution in [-0.4, -0.2) is 24.5 Å². The number of carbonyl (C=O) groups is 1. The molecule has 1 aliphatic heterocycles. The predicted molar refractivity (Wildman–Crippen MR) is 69.9 cm³/mol. The molecule has 4 heteroatoms. The van der Waals surface area contributed by atoms with Gasteiger partial charge in [0, 0.05) is 29.5 Å². The van der Waals surface area contributed by atoms with Gasteiger partial charge in [-0.15, -0.1) is 0 Å². The number of halogens is 1. The van der Waals surface area contributed by atoms with Gasteiger partial charge in [0.25, 0.3) is 0 Å². The number of benzene rings is 1. The second kappa shape index (κ2) is 5.08. The molecular weight excluding hydrogens is 282 g/mol. The van der Waals surface area contributed by atoms with E-state index < -0.39 is 0 Å². The molecule has 0 aliphatic carbocycles. The Morgan fingerprint density at radius 2 is 2.29 bits per heavy atom. The highest BCUT2D eigenvalue weighted by atomic mass is 79.9. The molecule has 1 amide bonds. The van der Waals surface area contributed by atoms with Gasteiger partial charge in [-0.1, -0.05) is 22.9 Å². The molecule has 17 heavy (non-hydrogen) atoms. The van der Waals surface area contributed by atoms with Crippen LogP contribution in [0, 0.1) is 5.92 Å². The Kier molecular flexibility index (Phi) is 3.72. The van der Waals surface area contributed by atoms with Crippen molar-refractivity contribution in [2.45, 2.75) is 19.9 Å². The maximum atomic E-state index is 11.7. The molecule has 92 valence electrons. The van der Waals surface area contributed by atoms with Crippen LogP contribution < -0.4 is 4.74 Å². The Balaban J connectivity index is 2.18. The molecule has 0 aromatic heterocycles. The first-order valence-corrected chi connectivity index (χ1v) is 6.49. The summed E-state index contributed by atoms with van der Waals surface area (Å²) in [6.07, 6.45) is 0.663. The van der Waals surface area contributed by atoms with Gasteiger partial charge in [0.15, 0.2) is 0 Å². The first-order chi connectivity index (χ1) is 8.10. The lowest BCUT2D eigenvalue weighted by Crippen LogP contribution is -2.24. The summed E-state index contributed by atoms with van der Waals surface area (Å²) in [6, 6.07) is 5.87. The van der Waals surface area contributed by atoms with E-state index in [9.17, 15) is 4.79 Å². The molecule has 3 nitrogen and oxygen atoms in total. The average molecular weight is 298 g/mol. The monoisotopic (exact) mass is 297 g/mol. The van der Waals surface area contributed by atoms with Crippen LogP contribution in [0.3, 0.4) is 0 Å². The van der Waals surface area contributed by atoms with E-state index in [0.717, 1.165) is 22.3 Å². The van der Waals surface area contributed by atoms with Crippen LogP contribution in [0.4, 0.5) is 0 Å². The van der Waals surface area contributed by atoms with Crippen molar-refractivity contribution in [3.8, 4) is 5.75 Å². The van der Waals surface area contributed by atoms with E-state index in [1.54, 1.807) is 7.11 Å². The lowest BCUT2D eigenvalue weighted by molar-refractivity contribution is -0.128. The van der Waals surface area contributed by atoms with Crippen molar-refractivity contribution in [1.82, 2.24) is 4.90 Å². The molecule has 1 saturated heterocycles. The van der Waals surface area contributed by atoms with Crippen LogP contribution in [0.25, 0.3) is 0 Å². The first kappa shape index (κ1) is 12.4. The number of nitrogens with zero attached hydrogens (tertiary/aromatic N) is 1. The van der Waals surface area contributed by atoms with E-state index >= 15 is 0 Å². The normalized spacial score (nSPS) is 19.8. The van der Waals surface area contributed by atoms with Crippen molar-refractivity contribution in [2.24, 2.45) is 5.92 Å². The minimum absolute atomic E-state index is 0.236. The number of likely N-dealkylation sites (tertiary alicyclic amines) is 1. The molecule has 1 fully saturated rings. The molecule has 1 atom stereocenters. The summed E-state index contributed by atoms with van der Waals surface area (Å²) in [5.74, 6) is 1.53. The summed E-state index contributed by atoms with van der Waals surface area (Å²) >= 11 is 3.44. The molecule has 2 rings (SSSR count). The van der Waals surface area contributed by atoms with Crippen LogP contribution in [0.5, 0.6) is 5.75 Å². The van der Waals surface area contributed by atoms with E-state index in [4.69, 9.17) is 4.74 Å². The highest BCUT2D eigenvalue weighted by Crippen LogP contribution is 2.27. The average Bonchev–Trinajstić information content (AvgIpc) is 2.58. The van der Waals surface area contributed by atoms with Gasteiger partial charge in [-0.25, -0.2) is 0 Å². The minimum Gasteiger partial charge on any atom is -0.496 e. The molecule has 0 radical (unpaired) electrons. The van der Waals surface area contributed by atoms with Gasteiger partial charge in [0.05, 0.1) is 7.11 Å². The fourth-order valence-electron chi connectivity index (χ4n) is 2.20. The third kappa shape index (κ3) is 2.80. The standard InChI is InChI=1S/C13H16BrNO2/c1-9-5-13(16)15(7-9)8-10-6-11(14)3-4-12(10)17-2/h3-4,6,9H,5,7-8H2,1-2H3. The van der Waals surface area contributed by atoms with Crippen LogP contribution in [0.1, 0.15) is 18.9 Å². The van der Waals surface area contributed by atoms with Gasteiger partial charge >= 0.3 is 0 Å². The van der Waals surface area contributed by atoms with E-state index in [-0.39, 0.29) is 5.91 Å². The SMILES string of the molecule is COc1ccc(Br)cc1CN1CC(C)CC1=O. The second-order valence-electron chi connectivity index (χ2n) is 4.54. The van der Waals surface area contributed by atoms with Crippen LogP contribution >= 0.6 is 15.9 Å². The zero-order valence-corrected chi connectivity index (χ0v) is 11.7. The minimum atomic E-state index is 0.236. The molecule has 1 aliphatic rings. The second-order valence-corrected chi connectivity index (χ2v) is 5.46. The number of ether oxygens (including phenoxy) is 1. The van der Waals surface area contributed by atoms with Crippen molar-refractivity contribution < 1.29 is 9.53 Å². The van der Waals surface area contributed by atoms with Crippen LogP contribution in [0.15, 0.2) is 22.7 Å². The number of methoxy groups -OCH3 is 1. The summed E-state index contributed by atoms with van der Waals surface area (Å²) in [4.78, 5) is 13.6. The molecule has 0 N–H and O–H groups in total. The quantitative estimate of drug-likeness (QED) is 0.859. The van der Waals surface area contributed by atoms with Crippen molar-refractivity contribution in [3.63, 3.8) is 0 Å². The third-order valence-corrected chi connectivity index (χ3v) is 3.50. The highest BCUT2D eigenvalue weighted by Gasteiger charge is 2.26. The van der Waals surface area contributed by atoms with E-state index in [1.807, 2.05) is 23.1 Å². The van der Waals surface area contributed by atoms with Crippen LogP contribution in [-0.2, 0) is 11.3 Å². The largest absolute Gasteiger partial charge is 0.496 e. The molecule has 0 bridgehead atoms. The predicted octanol–water partition coefficient (Wildman–Crippen LogP) is 2.83. The summed E-state index contributed by atoms with van der Waals surface area (Å²) < 4.78 is 6.32. The van der Waals surface area contributed by atoms with Gasteiger partial charge in [-0.05, 0) is 24.1 Å².